The second-order valence-electron chi connectivity index (χ2n) is 6.06. The lowest BCUT2D eigenvalue weighted by Gasteiger charge is -2.06. The molecule has 26 heavy (non-hydrogen) atoms. The van der Waals surface area contributed by atoms with E-state index < -0.39 is 0 Å². The maximum absolute atomic E-state index is 12.7. The molecular formula is C21H20O5. The van der Waals surface area contributed by atoms with Crippen LogP contribution in [0.15, 0.2) is 47.5 Å². The van der Waals surface area contributed by atoms with Gasteiger partial charge >= 0.3 is 0 Å². The third-order valence-electron chi connectivity index (χ3n) is 4.30. The lowest BCUT2D eigenvalue weighted by Crippen LogP contribution is -1.96. The van der Waals surface area contributed by atoms with E-state index in [1.54, 1.807) is 32.4 Å². The third-order valence-corrected chi connectivity index (χ3v) is 4.30. The van der Waals surface area contributed by atoms with E-state index in [0.29, 0.717) is 35.5 Å². The van der Waals surface area contributed by atoms with Crippen molar-refractivity contribution >= 4 is 17.9 Å². The predicted molar refractivity (Wildman–Crippen MR) is 99.5 cm³/mol. The predicted octanol–water partition coefficient (Wildman–Crippen LogP) is 3.94. The van der Waals surface area contributed by atoms with E-state index in [0.717, 1.165) is 11.1 Å². The molecule has 3 rings (SSSR count). The van der Waals surface area contributed by atoms with Gasteiger partial charge in [-0.25, -0.2) is 0 Å². The second kappa shape index (κ2) is 7.35. The number of hydrogen-bond donors (Lipinski definition) is 2. The standard InChI is InChI=1S/C21H20O5/c1-25-17-9-14(10-18(12-17)26-2)8-16-5-4-15(21(16)24)7-13-3-6-19(22)20(23)11-13/h3,6-12,22-23H,4-5H2,1-2H3/b15-7+,16-8+. The number of hydrogen-bond acceptors (Lipinski definition) is 5. The first-order valence-corrected chi connectivity index (χ1v) is 8.21. The van der Waals surface area contributed by atoms with Gasteiger partial charge in [0.25, 0.3) is 0 Å². The summed E-state index contributed by atoms with van der Waals surface area (Å²) in [6.07, 6.45) is 4.87. The van der Waals surface area contributed by atoms with Crippen molar-refractivity contribution in [2.75, 3.05) is 14.2 Å². The summed E-state index contributed by atoms with van der Waals surface area (Å²) in [5.74, 6) is 0.926. The lowest BCUT2D eigenvalue weighted by molar-refractivity contribution is -0.111. The number of phenolic OH excluding ortho intramolecular Hbond substituents is 2. The van der Waals surface area contributed by atoms with E-state index in [1.807, 2.05) is 18.2 Å². The van der Waals surface area contributed by atoms with Gasteiger partial charge in [-0.3, -0.25) is 4.79 Å². The van der Waals surface area contributed by atoms with Crippen LogP contribution in [0.1, 0.15) is 24.0 Å². The molecule has 0 aliphatic heterocycles. The highest BCUT2D eigenvalue weighted by molar-refractivity contribution is 6.15. The van der Waals surface area contributed by atoms with Crippen molar-refractivity contribution in [2.45, 2.75) is 12.8 Å². The van der Waals surface area contributed by atoms with Gasteiger partial charge in [-0.15, -0.1) is 0 Å². The molecule has 2 aromatic carbocycles. The van der Waals surface area contributed by atoms with Gasteiger partial charge in [0.15, 0.2) is 17.3 Å². The van der Waals surface area contributed by atoms with Gasteiger partial charge in [0.1, 0.15) is 11.5 Å². The Bertz CT molecular complexity index is 886. The van der Waals surface area contributed by atoms with E-state index in [9.17, 15) is 15.0 Å². The van der Waals surface area contributed by atoms with Gasteiger partial charge in [0, 0.05) is 17.2 Å². The first-order chi connectivity index (χ1) is 12.5. The smallest absolute Gasteiger partial charge is 0.185 e. The number of aromatic hydroxyl groups is 2. The fourth-order valence-corrected chi connectivity index (χ4v) is 2.92. The van der Waals surface area contributed by atoms with Crippen LogP contribution in [-0.4, -0.2) is 30.2 Å². The number of Topliss-reactive ketones (excluding diaryl/α,β-unsaturated/α-hetero) is 1. The number of rotatable bonds is 4. The second-order valence-corrected chi connectivity index (χ2v) is 6.06. The van der Waals surface area contributed by atoms with Crippen LogP contribution < -0.4 is 9.47 Å². The van der Waals surface area contributed by atoms with E-state index >= 15 is 0 Å². The molecule has 2 N–H and O–H groups in total. The molecule has 2 aromatic rings. The number of carbonyl (C=O) groups excluding carboxylic acids is 1. The van der Waals surface area contributed by atoms with Crippen LogP contribution in [0.3, 0.4) is 0 Å². The summed E-state index contributed by atoms with van der Waals surface area (Å²) in [5, 5.41) is 19.0. The maximum Gasteiger partial charge on any atom is 0.185 e. The minimum absolute atomic E-state index is 0.0145. The van der Waals surface area contributed by atoms with Crippen molar-refractivity contribution in [1.29, 1.82) is 0 Å². The Kier molecular flexibility index (Phi) is 4.98. The van der Waals surface area contributed by atoms with E-state index in [2.05, 4.69) is 0 Å². The topological polar surface area (TPSA) is 76.0 Å². The summed E-state index contributed by atoms with van der Waals surface area (Å²) in [7, 11) is 3.17. The molecule has 5 nitrogen and oxygen atoms in total. The molecule has 0 heterocycles. The van der Waals surface area contributed by atoms with Crippen LogP contribution >= 0.6 is 0 Å². The number of allylic oxidation sites excluding steroid dienone is 2. The fraction of sp³-hybridized carbons (Fsp3) is 0.190. The van der Waals surface area contributed by atoms with Crippen LogP contribution in [0.2, 0.25) is 0 Å². The molecule has 1 saturated carbocycles. The van der Waals surface area contributed by atoms with E-state index in [4.69, 9.17) is 9.47 Å². The summed E-state index contributed by atoms with van der Waals surface area (Å²) < 4.78 is 10.5. The first kappa shape index (κ1) is 17.6. The minimum Gasteiger partial charge on any atom is -0.504 e. The highest BCUT2D eigenvalue weighted by Crippen LogP contribution is 2.32. The van der Waals surface area contributed by atoms with Gasteiger partial charge in [-0.05, 0) is 60.4 Å². The molecule has 134 valence electrons. The summed E-state index contributed by atoms with van der Waals surface area (Å²) in [4.78, 5) is 12.7. The molecule has 0 aromatic heterocycles. The number of carbonyl (C=O) groups is 1. The molecule has 0 atom stereocenters. The van der Waals surface area contributed by atoms with E-state index in [-0.39, 0.29) is 17.3 Å². The Morgan fingerprint density at radius 1 is 0.808 bits per heavy atom. The van der Waals surface area contributed by atoms with Gasteiger partial charge in [0.05, 0.1) is 14.2 Å². The Morgan fingerprint density at radius 3 is 1.92 bits per heavy atom. The third kappa shape index (κ3) is 3.72. The van der Waals surface area contributed by atoms with Gasteiger partial charge in [-0.1, -0.05) is 6.07 Å². The van der Waals surface area contributed by atoms with Gasteiger partial charge in [-0.2, -0.15) is 0 Å². The highest BCUT2D eigenvalue weighted by Gasteiger charge is 2.23. The quantitative estimate of drug-likeness (QED) is 0.644. The zero-order valence-corrected chi connectivity index (χ0v) is 14.7. The largest absolute Gasteiger partial charge is 0.504 e. The molecule has 0 bridgehead atoms. The van der Waals surface area contributed by atoms with Crippen LogP contribution in [0, 0.1) is 0 Å². The van der Waals surface area contributed by atoms with Crippen LogP contribution in [0.4, 0.5) is 0 Å². The molecular weight excluding hydrogens is 332 g/mol. The Labute approximate surface area is 151 Å². The SMILES string of the molecule is COc1cc(/C=C2\CC/C(=C\c3ccc(O)c(O)c3)C2=O)cc(OC)c1. The van der Waals surface area contributed by atoms with Crippen molar-refractivity contribution in [3.05, 3.63) is 58.7 Å². The summed E-state index contributed by atoms with van der Waals surface area (Å²) in [6.45, 7) is 0. The molecule has 5 heteroatoms. The fourth-order valence-electron chi connectivity index (χ4n) is 2.92. The van der Waals surface area contributed by atoms with E-state index in [1.165, 1.54) is 12.1 Å². The minimum atomic E-state index is -0.205. The van der Waals surface area contributed by atoms with Crippen molar-refractivity contribution in [1.82, 2.24) is 0 Å². The van der Waals surface area contributed by atoms with Crippen LogP contribution in [0.25, 0.3) is 12.2 Å². The number of phenols is 2. The Balaban J connectivity index is 1.88. The van der Waals surface area contributed by atoms with Crippen molar-refractivity contribution in [3.8, 4) is 23.0 Å². The average Bonchev–Trinajstić information content (AvgIpc) is 2.97. The average molecular weight is 352 g/mol. The summed E-state index contributed by atoms with van der Waals surface area (Å²) >= 11 is 0. The molecule has 0 saturated heterocycles. The van der Waals surface area contributed by atoms with Crippen LogP contribution in [-0.2, 0) is 4.79 Å². The van der Waals surface area contributed by atoms with Gasteiger partial charge < -0.3 is 19.7 Å². The summed E-state index contributed by atoms with van der Waals surface area (Å²) in [5.41, 5.74) is 2.91. The molecule has 0 radical (unpaired) electrons. The highest BCUT2D eigenvalue weighted by atomic mass is 16.5. The normalized spacial score (nSPS) is 17.1. The molecule has 1 aliphatic carbocycles. The number of ketones is 1. The molecule has 1 fully saturated rings. The zero-order chi connectivity index (χ0) is 18.7. The summed E-state index contributed by atoms with van der Waals surface area (Å²) in [6, 6.07) is 9.97. The van der Waals surface area contributed by atoms with Crippen molar-refractivity contribution < 1.29 is 24.5 Å². The Hall–Kier alpha value is -3.21. The number of ether oxygens (including phenoxy) is 2. The molecule has 1 aliphatic rings. The maximum atomic E-state index is 12.7. The first-order valence-electron chi connectivity index (χ1n) is 8.21. The molecule has 0 amide bonds. The van der Waals surface area contributed by atoms with Crippen molar-refractivity contribution in [3.63, 3.8) is 0 Å². The lowest BCUT2D eigenvalue weighted by atomic mass is 10.1. The zero-order valence-electron chi connectivity index (χ0n) is 14.7. The van der Waals surface area contributed by atoms with Crippen LogP contribution in [0.5, 0.6) is 23.0 Å². The molecule has 0 spiro atoms. The Morgan fingerprint density at radius 2 is 1.38 bits per heavy atom. The van der Waals surface area contributed by atoms with Crippen molar-refractivity contribution in [2.24, 2.45) is 0 Å². The monoisotopic (exact) mass is 352 g/mol. The number of benzene rings is 2. The number of methoxy groups -OCH3 is 2. The molecule has 0 unspecified atom stereocenters. The van der Waals surface area contributed by atoms with Gasteiger partial charge in [0.2, 0.25) is 0 Å².